The minimum atomic E-state index is -0.366. The molecule has 0 saturated heterocycles. The van der Waals surface area contributed by atoms with E-state index < -0.39 is 0 Å². The molecule has 0 spiro atoms. The number of nitrogens with two attached hydrogens (primary N) is 1. The monoisotopic (exact) mass is 273 g/mol. The van der Waals surface area contributed by atoms with E-state index >= 15 is 0 Å². The molecule has 20 heavy (non-hydrogen) atoms. The summed E-state index contributed by atoms with van der Waals surface area (Å²) in [5, 5.41) is 5.43. The van der Waals surface area contributed by atoms with Crippen LogP contribution in [0.4, 0.5) is 10.5 Å². The summed E-state index contributed by atoms with van der Waals surface area (Å²) in [6.45, 7) is 1.85. The summed E-state index contributed by atoms with van der Waals surface area (Å²) in [6.07, 6.45) is 6.06. The average Bonchev–Trinajstić information content (AvgIpc) is 2.39. The number of carbonyl (C=O) groups is 2. The molecule has 0 atom stereocenters. The second-order valence-electron chi connectivity index (χ2n) is 4.11. The Morgan fingerprint density at radius 2 is 1.95 bits per heavy atom. The number of para-hydroxylation sites is 1. The summed E-state index contributed by atoms with van der Waals surface area (Å²) in [7, 11) is 0. The van der Waals surface area contributed by atoms with Crippen molar-refractivity contribution < 1.29 is 9.59 Å². The first-order valence-electron chi connectivity index (χ1n) is 6.36. The summed E-state index contributed by atoms with van der Waals surface area (Å²) in [5.41, 5.74) is 6.41. The van der Waals surface area contributed by atoms with Gasteiger partial charge in [0.15, 0.2) is 0 Å². The summed E-state index contributed by atoms with van der Waals surface area (Å²) in [4.78, 5) is 22.5. The normalized spacial score (nSPS) is 11.3. The average molecular weight is 273 g/mol. The standard InChI is InChI=1S/C15H19N3O2/c1-2-7-12(10-6-11-14(16)19)17-15(20)18-13-8-4-3-5-9-13/h2-5,7-10H,6,11H2,1H3,(H2,16,19)(H2,17,18,20)/b7-2-,12-10+. The molecule has 106 valence electrons. The van der Waals surface area contributed by atoms with E-state index in [9.17, 15) is 9.59 Å². The van der Waals surface area contributed by atoms with Crippen molar-refractivity contribution in [2.24, 2.45) is 5.73 Å². The van der Waals surface area contributed by atoms with Crippen LogP contribution in [0.1, 0.15) is 19.8 Å². The maximum absolute atomic E-state index is 11.8. The Bertz CT molecular complexity index is 507. The highest BCUT2D eigenvalue weighted by atomic mass is 16.2. The molecule has 0 radical (unpaired) electrons. The fourth-order valence-electron chi connectivity index (χ4n) is 1.53. The number of anilines is 1. The molecule has 1 aromatic carbocycles. The molecular weight excluding hydrogens is 254 g/mol. The molecule has 0 bridgehead atoms. The third-order valence-electron chi connectivity index (χ3n) is 2.39. The first-order valence-corrected chi connectivity index (χ1v) is 6.36. The second kappa shape index (κ2) is 8.53. The van der Waals surface area contributed by atoms with E-state index in [1.54, 1.807) is 30.4 Å². The van der Waals surface area contributed by atoms with Gasteiger partial charge in [0.1, 0.15) is 0 Å². The van der Waals surface area contributed by atoms with Crippen molar-refractivity contribution in [3.63, 3.8) is 0 Å². The Labute approximate surface area is 118 Å². The number of urea groups is 1. The smallest absolute Gasteiger partial charge is 0.323 e. The molecule has 0 aliphatic rings. The summed E-state index contributed by atoms with van der Waals surface area (Å²) in [6, 6.07) is 8.81. The molecule has 1 aromatic rings. The number of hydrogen-bond donors (Lipinski definition) is 3. The van der Waals surface area contributed by atoms with Gasteiger partial charge in [-0.05, 0) is 31.6 Å². The van der Waals surface area contributed by atoms with Gasteiger partial charge in [0.25, 0.3) is 0 Å². The summed E-state index contributed by atoms with van der Waals surface area (Å²) in [5.74, 6) is -0.366. The predicted molar refractivity (Wildman–Crippen MR) is 79.9 cm³/mol. The number of hydrogen-bond acceptors (Lipinski definition) is 2. The molecule has 5 heteroatoms. The Hall–Kier alpha value is -2.56. The van der Waals surface area contributed by atoms with Gasteiger partial charge in [-0.1, -0.05) is 30.4 Å². The molecule has 0 aliphatic carbocycles. The van der Waals surface area contributed by atoms with Crippen LogP contribution in [0.3, 0.4) is 0 Å². The molecule has 0 unspecified atom stereocenters. The number of allylic oxidation sites excluding steroid dienone is 3. The molecule has 4 N–H and O–H groups in total. The molecule has 3 amide bonds. The van der Waals surface area contributed by atoms with Crippen molar-refractivity contribution in [1.82, 2.24) is 5.32 Å². The van der Waals surface area contributed by atoms with Crippen LogP contribution in [-0.4, -0.2) is 11.9 Å². The van der Waals surface area contributed by atoms with E-state index in [0.717, 1.165) is 0 Å². The fraction of sp³-hybridized carbons (Fsp3) is 0.200. The molecular formula is C15H19N3O2. The summed E-state index contributed by atoms with van der Waals surface area (Å²) >= 11 is 0. The molecule has 0 heterocycles. The first kappa shape index (κ1) is 15.5. The number of carbonyl (C=O) groups excluding carboxylic acids is 2. The topological polar surface area (TPSA) is 84.2 Å². The van der Waals surface area contributed by atoms with Crippen molar-refractivity contribution in [2.45, 2.75) is 19.8 Å². The summed E-state index contributed by atoms with van der Waals surface area (Å²) < 4.78 is 0. The zero-order valence-electron chi connectivity index (χ0n) is 11.4. The number of rotatable bonds is 6. The molecule has 0 saturated carbocycles. The molecule has 5 nitrogen and oxygen atoms in total. The van der Waals surface area contributed by atoms with E-state index in [2.05, 4.69) is 10.6 Å². The Balaban J connectivity index is 2.56. The van der Waals surface area contributed by atoms with Gasteiger partial charge in [0.05, 0.1) is 0 Å². The fourth-order valence-corrected chi connectivity index (χ4v) is 1.53. The zero-order valence-corrected chi connectivity index (χ0v) is 11.4. The van der Waals surface area contributed by atoms with Gasteiger partial charge < -0.3 is 16.4 Å². The SMILES string of the molecule is C/C=C\C(=C/CCC(N)=O)NC(=O)Nc1ccccc1. The lowest BCUT2D eigenvalue weighted by atomic mass is 10.2. The Morgan fingerprint density at radius 1 is 1.25 bits per heavy atom. The van der Waals surface area contributed by atoms with Gasteiger partial charge in [-0.2, -0.15) is 0 Å². The molecule has 0 aromatic heterocycles. The van der Waals surface area contributed by atoms with Crippen LogP contribution in [0.5, 0.6) is 0 Å². The van der Waals surface area contributed by atoms with Crippen LogP contribution < -0.4 is 16.4 Å². The van der Waals surface area contributed by atoms with Crippen LogP contribution in [0.2, 0.25) is 0 Å². The highest BCUT2D eigenvalue weighted by Gasteiger charge is 2.02. The lowest BCUT2D eigenvalue weighted by Crippen LogP contribution is -2.27. The third-order valence-corrected chi connectivity index (χ3v) is 2.39. The van der Waals surface area contributed by atoms with Crippen LogP contribution in [0.25, 0.3) is 0 Å². The van der Waals surface area contributed by atoms with Gasteiger partial charge in [-0.15, -0.1) is 0 Å². The maximum atomic E-state index is 11.8. The first-order chi connectivity index (χ1) is 9.61. The predicted octanol–water partition coefficient (Wildman–Crippen LogP) is 2.53. The molecule has 0 fully saturated rings. The van der Waals surface area contributed by atoms with Crippen LogP contribution in [-0.2, 0) is 4.79 Å². The number of primary amides is 1. The Morgan fingerprint density at radius 3 is 2.55 bits per heavy atom. The largest absolute Gasteiger partial charge is 0.370 e. The van der Waals surface area contributed by atoms with E-state index in [0.29, 0.717) is 17.8 Å². The third kappa shape index (κ3) is 6.39. The number of benzene rings is 1. The highest BCUT2D eigenvalue weighted by molar-refractivity contribution is 5.90. The van der Waals surface area contributed by atoms with Crippen molar-refractivity contribution in [2.75, 3.05) is 5.32 Å². The van der Waals surface area contributed by atoms with E-state index in [1.165, 1.54) is 0 Å². The number of nitrogens with one attached hydrogen (secondary N) is 2. The molecule has 1 rings (SSSR count). The van der Waals surface area contributed by atoms with Gasteiger partial charge in [-0.25, -0.2) is 4.79 Å². The van der Waals surface area contributed by atoms with Gasteiger partial charge >= 0.3 is 6.03 Å². The van der Waals surface area contributed by atoms with Crippen LogP contribution in [0, 0.1) is 0 Å². The minimum Gasteiger partial charge on any atom is -0.370 e. The molecule has 0 aliphatic heterocycles. The van der Waals surface area contributed by atoms with Crippen molar-refractivity contribution in [3.8, 4) is 0 Å². The van der Waals surface area contributed by atoms with Gasteiger partial charge in [0, 0.05) is 17.8 Å². The second-order valence-corrected chi connectivity index (χ2v) is 4.11. The number of amides is 3. The lowest BCUT2D eigenvalue weighted by Gasteiger charge is -2.08. The zero-order chi connectivity index (χ0) is 14.8. The highest BCUT2D eigenvalue weighted by Crippen LogP contribution is 2.05. The quantitative estimate of drug-likeness (QED) is 0.696. The Kier molecular flexibility index (Phi) is 6.61. The van der Waals surface area contributed by atoms with E-state index in [4.69, 9.17) is 5.73 Å². The van der Waals surface area contributed by atoms with Crippen molar-refractivity contribution in [1.29, 1.82) is 0 Å². The maximum Gasteiger partial charge on any atom is 0.323 e. The van der Waals surface area contributed by atoms with Crippen LogP contribution >= 0.6 is 0 Å². The lowest BCUT2D eigenvalue weighted by molar-refractivity contribution is -0.117. The van der Waals surface area contributed by atoms with Crippen molar-refractivity contribution in [3.05, 3.63) is 54.3 Å². The van der Waals surface area contributed by atoms with Crippen molar-refractivity contribution >= 4 is 17.6 Å². The van der Waals surface area contributed by atoms with E-state index in [1.807, 2.05) is 25.1 Å². The van der Waals surface area contributed by atoms with Crippen LogP contribution in [0.15, 0.2) is 54.3 Å². The van der Waals surface area contributed by atoms with Gasteiger partial charge in [0.2, 0.25) is 5.91 Å². The minimum absolute atomic E-state index is 0.253. The van der Waals surface area contributed by atoms with Gasteiger partial charge in [-0.3, -0.25) is 4.79 Å². The van der Waals surface area contributed by atoms with E-state index in [-0.39, 0.29) is 18.4 Å².